The van der Waals surface area contributed by atoms with Gasteiger partial charge in [0.1, 0.15) is 5.76 Å². The Morgan fingerprint density at radius 2 is 2.33 bits per heavy atom. The second-order valence-corrected chi connectivity index (χ2v) is 3.52. The van der Waals surface area contributed by atoms with Crippen molar-refractivity contribution in [2.45, 2.75) is 13.5 Å². The Balaban J connectivity index is 2.72. The van der Waals surface area contributed by atoms with E-state index in [-0.39, 0.29) is 12.4 Å². The summed E-state index contributed by atoms with van der Waals surface area (Å²) in [6, 6.07) is 1.64. The third-order valence-electron chi connectivity index (χ3n) is 2.19. The highest BCUT2D eigenvalue weighted by molar-refractivity contribution is 5.90. The fraction of sp³-hybridized carbons (Fsp3) is 0.500. The summed E-state index contributed by atoms with van der Waals surface area (Å²) in [5, 5.41) is 8.74. The quantitative estimate of drug-likeness (QED) is 0.726. The Labute approximate surface area is 88.5 Å². The van der Waals surface area contributed by atoms with Gasteiger partial charge in [-0.05, 0) is 20.0 Å². The molecule has 1 aromatic heterocycles. The van der Waals surface area contributed by atoms with Crippen molar-refractivity contribution in [1.82, 2.24) is 4.90 Å². The van der Waals surface area contributed by atoms with Crippen LogP contribution in [0.15, 0.2) is 10.5 Å². The Morgan fingerprint density at radius 1 is 1.67 bits per heavy atom. The highest BCUT2D eigenvalue weighted by Gasteiger charge is 2.12. The van der Waals surface area contributed by atoms with E-state index in [1.165, 1.54) is 0 Å². The first kappa shape index (κ1) is 11.7. The predicted octanol–water partition coefficient (Wildman–Crippen LogP) is 0.111. The van der Waals surface area contributed by atoms with Gasteiger partial charge < -0.3 is 15.3 Å². The monoisotopic (exact) mass is 212 g/mol. The second kappa shape index (κ2) is 4.95. The van der Waals surface area contributed by atoms with E-state index in [0.29, 0.717) is 18.8 Å². The van der Waals surface area contributed by atoms with E-state index in [4.69, 9.17) is 15.3 Å². The number of nitrogens with two attached hydrogens (primary N) is 1. The standard InChI is InChI=1S/C10H16N2O3/c1-7-8(6-12(2)3-4-13)5-9(15-7)10(11)14/h5,13H,3-4,6H2,1-2H3,(H2,11,14). The molecule has 1 aromatic rings. The molecule has 0 aliphatic heterocycles. The van der Waals surface area contributed by atoms with Crippen molar-refractivity contribution in [2.75, 3.05) is 20.2 Å². The molecule has 0 aliphatic rings. The Kier molecular flexibility index (Phi) is 3.88. The first-order chi connectivity index (χ1) is 7.04. The van der Waals surface area contributed by atoms with Crippen molar-refractivity contribution in [3.8, 4) is 0 Å². The number of amides is 1. The normalized spacial score (nSPS) is 10.9. The first-order valence-electron chi connectivity index (χ1n) is 4.73. The third kappa shape index (κ3) is 3.07. The highest BCUT2D eigenvalue weighted by atomic mass is 16.3. The summed E-state index contributed by atoms with van der Waals surface area (Å²) in [5.41, 5.74) is 6.02. The SMILES string of the molecule is Cc1oc(C(N)=O)cc1CN(C)CCO. The zero-order valence-corrected chi connectivity index (χ0v) is 8.99. The minimum Gasteiger partial charge on any atom is -0.456 e. The highest BCUT2D eigenvalue weighted by Crippen LogP contribution is 2.15. The topological polar surface area (TPSA) is 79.7 Å². The van der Waals surface area contributed by atoms with Crippen LogP contribution in [0.2, 0.25) is 0 Å². The van der Waals surface area contributed by atoms with Crippen LogP contribution in [0.25, 0.3) is 0 Å². The van der Waals surface area contributed by atoms with Gasteiger partial charge in [-0.25, -0.2) is 0 Å². The number of carbonyl (C=O) groups excluding carboxylic acids is 1. The number of rotatable bonds is 5. The molecule has 0 atom stereocenters. The van der Waals surface area contributed by atoms with Gasteiger partial charge in [-0.1, -0.05) is 0 Å². The molecule has 0 radical (unpaired) electrons. The summed E-state index contributed by atoms with van der Waals surface area (Å²) in [6.45, 7) is 3.10. The molecular weight excluding hydrogens is 196 g/mol. The largest absolute Gasteiger partial charge is 0.456 e. The van der Waals surface area contributed by atoms with Gasteiger partial charge in [0.15, 0.2) is 5.76 Å². The zero-order chi connectivity index (χ0) is 11.4. The molecule has 15 heavy (non-hydrogen) atoms. The number of hydrogen-bond donors (Lipinski definition) is 2. The van der Waals surface area contributed by atoms with E-state index < -0.39 is 5.91 Å². The van der Waals surface area contributed by atoms with Crippen molar-refractivity contribution in [1.29, 1.82) is 0 Å². The molecule has 0 bridgehead atoms. The minimum absolute atomic E-state index is 0.107. The van der Waals surface area contributed by atoms with Crippen molar-refractivity contribution in [3.63, 3.8) is 0 Å². The van der Waals surface area contributed by atoms with Gasteiger partial charge in [-0.15, -0.1) is 0 Å². The van der Waals surface area contributed by atoms with Crippen LogP contribution in [-0.4, -0.2) is 36.1 Å². The van der Waals surface area contributed by atoms with Crippen LogP contribution in [-0.2, 0) is 6.54 Å². The maximum Gasteiger partial charge on any atom is 0.284 e. The molecular formula is C10H16N2O3. The van der Waals surface area contributed by atoms with E-state index in [1.54, 1.807) is 13.0 Å². The Hall–Kier alpha value is -1.33. The molecule has 0 saturated heterocycles. The summed E-state index contributed by atoms with van der Waals surface area (Å²) in [7, 11) is 1.88. The first-order valence-corrected chi connectivity index (χ1v) is 4.73. The lowest BCUT2D eigenvalue weighted by Gasteiger charge is -2.13. The van der Waals surface area contributed by atoms with Crippen LogP contribution < -0.4 is 5.73 Å². The van der Waals surface area contributed by atoms with E-state index in [0.717, 1.165) is 5.56 Å². The van der Waals surface area contributed by atoms with E-state index in [1.807, 2.05) is 11.9 Å². The minimum atomic E-state index is -0.561. The summed E-state index contributed by atoms with van der Waals surface area (Å²) >= 11 is 0. The maximum absolute atomic E-state index is 10.9. The number of carbonyl (C=O) groups is 1. The fourth-order valence-electron chi connectivity index (χ4n) is 1.34. The summed E-state index contributed by atoms with van der Waals surface area (Å²) in [5.74, 6) is 0.308. The number of hydrogen-bond acceptors (Lipinski definition) is 4. The second-order valence-electron chi connectivity index (χ2n) is 3.52. The molecule has 1 heterocycles. The molecule has 0 unspecified atom stereocenters. The number of nitrogens with zero attached hydrogens (tertiary/aromatic N) is 1. The van der Waals surface area contributed by atoms with E-state index >= 15 is 0 Å². The Morgan fingerprint density at radius 3 is 2.80 bits per heavy atom. The summed E-state index contributed by atoms with van der Waals surface area (Å²) in [4.78, 5) is 12.8. The van der Waals surface area contributed by atoms with E-state index in [2.05, 4.69) is 0 Å². The number of aliphatic hydroxyl groups excluding tert-OH is 1. The van der Waals surface area contributed by atoms with E-state index in [9.17, 15) is 4.79 Å². The average molecular weight is 212 g/mol. The van der Waals surface area contributed by atoms with Crippen molar-refractivity contribution < 1.29 is 14.3 Å². The van der Waals surface area contributed by atoms with Gasteiger partial charge in [-0.3, -0.25) is 9.69 Å². The smallest absolute Gasteiger partial charge is 0.284 e. The average Bonchev–Trinajstić information content (AvgIpc) is 2.48. The van der Waals surface area contributed by atoms with Gasteiger partial charge in [0.05, 0.1) is 6.61 Å². The molecule has 0 saturated carbocycles. The Bertz CT molecular complexity index is 346. The molecule has 5 heteroatoms. The molecule has 0 fully saturated rings. The van der Waals surface area contributed by atoms with Crippen LogP contribution in [0.4, 0.5) is 0 Å². The molecule has 3 N–H and O–H groups in total. The van der Waals surface area contributed by atoms with Crippen LogP contribution in [0.1, 0.15) is 21.9 Å². The molecule has 0 spiro atoms. The number of aliphatic hydroxyl groups is 1. The van der Waals surface area contributed by atoms with Crippen molar-refractivity contribution in [3.05, 3.63) is 23.2 Å². The lowest BCUT2D eigenvalue weighted by Crippen LogP contribution is -2.21. The lowest BCUT2D eigenvalue weighted by atomic mass is 10.2. The predicted molar refractivity (Wildman–Crippen MR) is 55.4 cm³/mol. The molecule has 1 amide bonds. The maximum atomic E-state index is 10.9. The fourth-order valence-corrected chi connectivity index (χ4v) is 1.34. The number of primary amides is 1. The molecule has 0 aromatic carbocycles. The van der Waals surface area contributed by atoms with Gasteiger partial charge in [0, 0.05) is 18.7 Å². The molecule has 5 nitrogen and oxygen atoms in total. The van der Waals surface area contributed by atoms with Crippen LogP contribution >= 0.6 is 0 Å². The summed E-state index contributed by atoms with van der Waals surface area (Å²) < 4.78 is 5.19. The molecule has 0 aliphatic carbocycles. The van der Waals surface area contributed by atoms with Crippen molar-refractivity contribution in [2.24, 2.45) is 5.73 Å². The third-order valence-corrected chi connectivity index (χ3v) is 2.19. The lowest BCUT2D eigenvalue weighted by molar-refractivity contribution is 0.0972. The van der Waals surface area contributed by atoms with Gasteiger partial charge >= 0.3 is 0 Å². The zero-order valence-electron chi connectivity index (χ0n) is 8.99. The number of furan rings is 1. The number of likely N-dealkylation sites (N-methyl/N-ethyl adjacent to an activating group) is 1. The van der Waals surface area contributed by atoms with Gasteiger partial charge in [0.25, 0.3) is 5.91 Å². The van der Waals surface area contributed by atoms with Crippen LogP contribution in [0.3, 0.4) is 0 Å². The summed E-state index contributed by atoms with van der Waals surface area (Å²) in [6.07, 6.45) is 0. The van der Waals surface area contributed by atoms with Gasteiger partial charge in [-0.2, -0.15) is 0 Å². The van der Waals surface area contributed by atoms with Crippen molar-refractivity contribution >= 4 is 5.91 Å². The van der Waals surface area contributed by atoms with Gasteiger partial charge in [0.2, 0.25) is 0 Å². The van der Waals surface area contributed by atoms with Crippen LogP contribution in [0.5, 0.6) is 0 Å². The molecule has 84 valence electrons. The molecule has 1 rings (SSSR count). The number of aryl methyl sites for hydroxylation is 1. The van der Waals surface area contributed by atoms with Crippen LogP contribution in [0, 0.1) is 6.92 Å².